The Bertz CT molecular complexity index is 872. The molecule has 118 valence electrons. The molecule has 3 aromatic rings. The van der Waals surface area contributed by atoms with Crippen LogP contribution < -0.4 is 5.56 Å². The first-order valence-electron chi connectivity index (χ1n) is 7.50. The fraction of sp³-hybridized carbons (Fsp3) is 0.222. The fourth-order valence-corrected chi connectivity index (χ4v) is 3.14. The van der Waals surface area contributed by atoms with Crippen molar-refractivity contribution in [1.29, 1.82) is 0 Å². The Balaban J connectivity index is 2.19. The standard InChI is InChI=1S/C18H18N2O2S/c1-3-22-12-23-18-19-16-7-5-4-6-15(16)17(21)20(18)14-10-8-13(2)9-11-14/h4-11H,3,12H2,1-2H3. The molecule has 0 unspecified atom stereocenters. The molecule has 0 bridgehead atoms. The van der Waals surface area contributed by atoms with Crippen LogP contribution in [0.3, 0.4) is 0 Å². The quantitative estimate of drug-likeness (QED) is 0.310. The van der Waals surface area contributed by atoms with Gasteiger partial charge in [0.25, 0.3) is 5.56 Å². The van der Waals surface area contributed by atoms with Crippen LogP contribution in [0.5, 0.6) is 0 Å². The SMILES string of the molecule is CCOCSc1nc2ccccc2c(=O)n1-c1ccc(C)cc1. The Kier molecular flexibility index (Phi) is 4.79. The van der Waals surface area contributed by atoms with Crippen molar-refractivity contribution in [3.63, 3.8) is 0 Å². The number of benzene rings is 2. The summed E-state index contributed by atoms with van der Waals surface area (Å²) in [6, 6.07) is 15.3. The molecule has 0 atom stereocenters. The summed E-state index contributed by atoms with van der Waals surface area (Å²) in [4.78, 5) is 17.6. The molecule has 0 aliphatic rings. The van der Waals surface area contributed by atoms with Gasteiger partial charge < -0.3 is 4.74 Å². The number of ether oxygens (including phenoxy) is 1. The average Bonchev–Trinajstić information content (AvgIpc) is 2.57. The maximum Gasteiger partial charge on any atom is 0.266 e. The third kappa shape index (κ3) is 3.30. The summed E-state index contributed by atoms with van der Waals surface area (Å²) in [5.41, 5.74) is 2.62. The minimum Gasteiger partial charge on any atom is -0.371 e. The van der Waals surface area contributed by atoms with Gasteiger partial charge in [-0.05, 0) is 38.1 Å². The van der Waals surface area contributed by atoms with Crippen molar-refractivity contribution >= 4 is 22.7 Å². The number of aromatic nitrogens is 2. The van der Waals surface area contributed by atoms with Crippen molar-refractivity contribution in [3.8, 4) is 5.69 Å². The molecule has 1 heterocycles. The van der Waals surface area contributed by atoms with Crippen molar-refractivity contribution < 1.29 is 4.74 Å². The van der Waals surface area contributed by atoms with E-state index in [2.05, 4.69) is 4.98 Å². The summed E-state index contributed by atoms with van der Waals surface area (Å²) in [5, 5.41) is 1.26. The molecule has 1 aromatic heterocycles. The smallest absolute Gasteiger partial charge is 0.266 e. The molecule has 0 radical (unpaired) electrons. The number of hydrogen-bond donors (Lipinski definition) is 0. The summed E-state index contributed by atoms with van der Waals surface area (Å²) in [6.45, 7) is 4.60. The zero-order valence-corrected chi connectivity index (χ0v) is 14.0. The van der Waals surface area contributed by atoms with Crippen LogP contribution in [0.15, 0.2) is 58.5 Å². The lowest BCUT2D eigenvalue weighted by molar-refractivity contribution is 0.199. The third-order valence-electron chi connectivity index (χ3n) is 3.51. The second kappa shape index (κ2) is 6.98. The van der Waals surface area contributed by atoms with Crippen LogP contribution in [-0.2, 0) is 4.74 Å². The van der Waals surface area contributed by atoms with E-state index in [0.29, 0.717) is 28.6 Å². The highest BCUT2D eigenvalue weighted by atomic mass is 32.2. The molecule has 0 N–H and O–H groups in total. The topological polar surface area (TPSA) is 44.1 Å². The Labute approximate surface area is 139 Å². The molecule has 4 nitrogen and oxygen atoms in total. The minimum atomic E-state index is -0.0570. The monoisotopic (exact) mass is 326 g/mol. The first-order chi connectivity index (χ1) is 11.2. The highest BCUT2D eigenvalue weighted by Crippen LogP contribution is 2.21. The molecule has 3 rings (SSSR count). The number of para-hydroxylation sites is 1. The van der Waals surface area contributed by atoms with Gasteiger partial charge in [-0.15, -0.1) is 0 Å². The van der Waals surface area contributed by atoms with Crippen molar-refractivity contribution in [3.05, 3.63) is 64.4 Å². The summed E-state index contributed by atoms with van der Waals surface area (Å²) >= 11 is 1.43. The number of fused-ring (bicyclic) bond motifs is 1. The molecular weight excluding hydrogens is 308 g/mol. The third-order valence-corrected chi connectivity index (χ3v) is 4.33. The highest BCUT2D eigenvalue weighted by molar-refractivity contribution is 7.99. The van der Waals surface area contributed by atoms with Gasteiger partial charge in [-0.25, -0.2) is 4.98 Å². The molecular formula is C18H18N2O2S. The van der Waals surface area contributed by atoms with Crippen LogP contribution in [0.1, 0.15) is 12.5 Å². The summed E-state index contributed by atoms with van der Waals surface area (Å²) in [7, 11) is 0. The largest absolute Gasteiger partial charge is 0.371 e. The van der Waals surface area contributed by atoms with Gasteiger partial charge in [0.15, 0.2) is 5.16 Å². The molecule has 0 aliphatic heterocycles. The van der Waals surface area contributed by atoms with Gasteiger partial charge >= 0.3 is 0 Å². The first-order valence-corrected chi connectivity index (χ1v) is 8.48. The van der Waals surface area contributed by atoms with E-state index in [4.69, 9.17) is 4.74 Å². The Morgan fingerprint density at radius 2 is 1.87 bits per heavy atom. The highest BCUT2D eigenvalue weighted by Gasteiger charge is 2.13. The molecule has 5 heteroatoms. The normalized spacial score (nSPS) is 11.0. The van der Waals surface area contributed by atoms with Crippen LogP contribution >= 0.6 is 11.8 Å². The van der Waals surface area contributed by atoms with Crippen molar-refractivity contribution in [2.45, 2.75) is 19.0 Å². The fourth-order valence-electron chi connectivity index (χ4n) is 2.31. The molecule has 0 aliphatic carbocycles. The van der Waals surface area contributed by atoms with E-state index in [9.17, 15) is 4.79 Å². The van der Waals surface area contributed by atoms with Crippen LogP contribution in [0.4, 0.5) is 0 Å². The van der Waals surface area contributed by atoms with Crippen LogP contribution in [0.2, 0.25) is 0 Å². The molecule has 0 saturated heterocycles. The van der Waals surface area contributed by atoms with Crippen molar-refractivity contribution in [1.82, 2.24) is 9.55 Å². The molecule has 0 saturated carbocycles. The Morgan fingerprint density at radius 1 is 1.13 bits per heavy atom. The molecule has 23 heavy (non-hydrogen) atoms. The Morgan fingerprint density at radius 3 is 2.61 bits per heavy atom. The maximum atomic E-state index is 12.9. The average molecular weight is 326 g/mol. The van der Waals surface area contributed by atoms with E-state index in [1.165, 1.54) is 11.8 Å². The van der Waals surface area contributed by atoms with Crippen molar-refractivity contribution in [2.75, 3.05) is 12.5 Å². The first kappa shape index (κ1) is 15.8. The molecule has 0 spiro atoms. The second-order valence-corrected chi connectivity index (χ2v) is 6.03. The van der Waals surface area contributed by atoms with Gasteiger partial charge in [0.05, 0.1) is 22.5 Å². The van der Waals surface area contributed by atoms with Crippen LogP contribution in [-0.4, -0.2) is 22.1 Å². The van der Waals surface area contributed by atoms with E-state index in [0.717, 1.165) is 11.3 Å². The zero-order chi connectivity index (χ0) is 16.2. The van der Waals surface area contributed by atoms with Crippen molar-refractivity contribution in [2.24, 2.45) is 0 Å². The van der Waals surface area contributed by atoms with E-state index in [-0.39, 0.29) is 5.56 Å². The van der Waals surface area contributed by atoms with Crippen LogP contribution in [0, 0.1) is 6.92 Å². The van der Waals surface area contributed by atoms with E-state index >= 15 is 0 Å². The van der Waals surface area contributed by atoms with E-state index in [1.807, 2.05) is 62.4 Å². The number of rotatable bonds is 5. The van der Waals surface area contributed by atoms with E-state index < -0.39 is 0 Å². The lowest BCUT2D eigenvalue weighted by Gasteiger charge is -2.13. The number of aryl methyl sites for hydroxylation is 1. The summed E-state index contributed by atoms with van der Waals surface area (Å²) in [5.74, 6) is 0.465. The van der Waals surface area contributed by atoms with Gasteiger partial charge in [-0.3, -0.25) is 9.36 Å². The van der Waals surface area contributed by atoms with Gasteiger partial charge in [-0.1, -0.05) is 41.6 Å². The molecule has 0 fully saturated rings. The minimum absolute atomic E-state index is 0.0570. The second-order valence-electron chi connectivity index (χ2n) is 5.14. The van der Waals surface area contributed by atoms with Gasteiger partial charge in [0, 0.05) is 6.61 Å². The Hall–Kier alpha value is -2.11. The van der Waals surface area contributed by atoms with Gasteiger partial charge in [0.2, 0.25) is 0 Å². The zero-order valence-electron chi connectivity index (χ0n) is 13.2. The van der Waals surface area contributed by atoms with Gasteiger partial charge in [0.1, 0.15) is 0 Å². The molecule has 0 amide bonds. The summed E-state index contributed by atoms with van der Waals surface area (Å²) in [6.07, 6.45) is 0. The predicted molar refractivity (Wildman–Crippen MR) is 94.4 cm³/mol. The molecule has 2 aromatic carbocycles. The lowest BCUT2D eigenvalue weighted by atomic mass is 10.2. The predicted octanol–water partition coefficient (Wildman–Crippen LogP) is 3.78. The number of nitrogens with zero attached hydrogens (tertiary/aromatic N) is 2. The van der Waals surface area contributed by atoms with Crippen LogP contribution in [0.25, 0.3) is 16.6 Å². The number of hydrogen-bond acceptors (Lipinski definition) is 4. The van der Waals surface area contributed by atoms with E-state index in [1.54, 1.807) is 4.57 Å². The number of thioether (sulfide) groups is 1. The maximum absolute atomic E-state index is 12.9. The summed E-state index contributed by atoms with van der Waals surface area (Å²) < 4.78 is 7.07. The van der Waals surface area contributed by atoms with Gasteiger partial charge in [-0.2, -0.15) is 0 Å². The lowest BCUT2D eigenvalue weighted by Crippen LogP contribution is -2.21.